The third-order valence-corrected chi connectivity index (χ3v) is 2.26. The van der Waals surface area contributed by atoms with Gasteiger partial charge in [0, 0.05) is 0 Å². The van der Waals surface area contributed by atoms with Crippen molar-refractivity contribution in [2.45, 2.75) is 0 Å². The predicted octanol–water partition coefficient (Wildman–Crippen LogP) is 1.14. The number of halogens is 1. The monoisotopic (exact) mass is 564 g/mol. The van der Waals surface area contributed by atoms with E-state index in [1.54, 1.807) is 24.3 Å². The average molecular weight is 565 g/mol. The molecule has 0 saturated heterocycles. The van der Waals surface area contributed by atoms with Crippen molar-refractivity contribution in [3.8, 4) is 24.3 Å². The third kappa shape index (κ3) is 13.8. The zero-order valence-corrected chi connectivity index (χ0v) is 17.7. The van der Waals surface area contributed by atoms with Gasteiger partial charge in [-0.05, 0) is 0 Å². The van der Waals surface area contributed by atoms with E-state index in [1.807, 2.05) is 0 Å². The van der Waals surface area contributed by atoms with Crippen LogP contribution < -0.4 is 0 Å². The molecule has 18 heavy (non-hydrogen) atoms. The Bertz CT molecular complexity index is 399. The predicted molar refractivity (Wildman–Crippen MR) is 80.6 cm³/mol. The number of nitriles is 4. The summed E-state index contributed by atoms with van der Waals surface area (Å²) in [5, 5.41) is 32.0. The number of hydrogen-bond acceptors (Lipinski definition) is 8. The molecule has 0 aromatic heterocycles. The minimum atomic E-state index is -0.109. The molecule has 0 amide bonds. The Labute approximate surface area is 149 Å². The summed E-state index contributed by atoms with van der Waals surface area (Å²) in [6.45, 7) is 0. The fraction of sp³-hybridized carbons (Fsp3) is 0. The van der Waals surface area contributed by atoms with Gasteiger partial charge in [-0.2, -0.15) is 21.0 Å². The van der Waals surface area contributed by atoms with E-state index in [4.69, 9.17) is 21.0 Å². The summed E-state index contributed by atoms with van der Waals surface area (Å²) in [6, 6.07) is 6.33. The third-order valence-electron chi connectivity index (χ3n) is 0.819. The molecule has 90 valence electrons. The molecule has 0 aliphatic rings. The summed E-state index contributed by atoms with van der Waals surface area (Å²) in [5.74, 6) is 0. The van der Waals surface area contributed by atoms with E-state index in [0.29, 0.717) is 0 Å². The molecule has 0 aromatic rings. The van der Waals surface area contributed by atoms with E-state index in [-0.39, 0.29) is 19.6 Å². The first-order chi connectivity index (χ1) is 8.44. The first-order valence-electron chi connectivity index (χ1n) is 3.43. The van der Waals surface area contributed by atoms with Gasteiger partial charge in [0.05, 0.1) is 24.3 Å². The van der Waals surface area contributed by atoms with Gasteiger partial charge < -0.3 is 50.5 Å². The molecule has 0 aromatic carbocycles. The fourth-order valence-electron chi connectivity index (χ4n) is 0.203. The molecule has 0 spiro atoms. The number of hydrogen-bond donors (Lipinski definition) is 0. The fourth-order valence-corrected chi connectivity index (χ4v) is 0.386. The molecule has 0 aliphatic heterocycles. The van der Waals surface area contributed by atoms with Crippen molar-refractivity contribution in [1.82, 2.24) is 0 Å². The second-order valence-electron chi connectivity index (χ2n) is 1.76. The Morgan fingerprint density at radius 3 is 0.778 bits per heavy atom. The van der Waals surface area contributed by atoms with E-state index in [1.165, 1.54) is 0 Å². The van der Waals surface area contributed by atoms with Gasteiger partial charge in [-0.3, -0.25) is 0 Å². The average Bonchev–Trinajstić information content (AvgIpc) is 2.46. The maximum atomic E-state index is 8.01. The summed E-state index contributed by atoms with van der Waals surface area (Å²) < 4.78 is 0. The van der Waals surface area contributed by atoms with Crippen molar-refractivity contribution in [2.24, 2.45) is 0 Å². The van der Waals surface area contributed by atoms with Crippen LogP contribution in [0.2, 0.25) is 0 Å². The molecule has 0 rings (SSSR count). The quantitative estimate of drug-likeness (QED) is 0.246. The molecule has 0 unspecified atom stereocenters. The normalized spacial score (nSPS) is 9.78. The van der Waals surface area contributed by atoms with E-state index < -0.39 is 0 Å². The first-order valence-corrected chi connectivity index (χ1v) is 14.8. The van der Waals surface area contributed by atoms with Crippen molar-refractivity contribution in [2.75, 3.05) is 0 Å². The van der Waals surface area contributed by atoms with E-state index >= 15 is 0 Å². The van der Waals surface area contributed by atoms with Crippen LogP contribution in [-0.4, -0.2) is 23.4 Å². The Morgan fingerprint density at radius 1 is 0.611 bits per heavy atom. The minimum absolute atomic E-state index is 0.109. The molecule has 4 nitrogen and oxygen atoms in total. The molecule has 0 radical (unpaired) electrons. The van der Waals surface area contributed by atoms with Gasteiger partial charge in [0.15, 0.2) is 0 Å². The standard InChI is InChI=1S/2C4H2N2S2.BrH.Tl/c2*5-1-3(7)4(8)2-6;;/h2*7-8H;1H;/q;;;+1/p-5. The first kappa shape index (κ1) is 22.9. The molecule has 0 fully saturated rings. The van der Waals surface area contributed by atoms with Gasteiger partial charge in [0.25, 0.3) is 0 Å². The summed E-state index contributed by atoms with van der Waals surface area (Å²) in [7, 11) is 0. The SMILES string of the molecule is N#CC([S-])=C([S-])C#N.N#CC([S-])=C([S-])C#N.[Br][Tl]. The Morgan fingerprint density at radius 2 is 0.722 bits per heavy atom. The van der Waals surface area contributed by atoms with Crippen LogP contribution in [0.5, 0.6) is 0 Å². The number of nitrogens with zero attached hydrogens (tertiary/aromatic N) is 4. The van der Waals surface area contributed by atoms with Crippen LogP contribution in [0.1, 0.15) is 0 Å². The topological polar surface area (TPSA) is 95.2 Å². The molecule has 0 saturated carbocycles. The maximum absolute atomic E-state index is 8.01. The van der Waals surface area contributed by atoms with Crippen molar-refractivity contribution in [3.63, 3.8) is 0 Å². The van der Waals surface area contributed by atoms with E-state index in [9.17, 15) is 0 Å². The zero-order valence-electron chi connectivity index (χ0n) is 8.38. The van der Waals surface area contributed by atoms with Crippen LogP contribution in [-0.2, 0) is 50.5 Å². The van der Waals surface area contributed by atoms with Crippen molar-refractivity contribution in [3.05, 3.63) is 19.6 Å². The van der Waals surface area contributed by atoms with Gasteiger partial charge in [-0.1, -0.05) is 0 Å². The molecule has 0 aliphatic carbocycles. The van der Waals surface area contributed by atoms with Crippen LogP contribution in [0.25, 0.3) is 0 Å². The van der Waals surface area contributed by atoms with Crippen LogP contribution in [0.4, 0.5) is 0 Å². The van der Waals surface area contributed by atoms with Crippen LogP contribution in [0.15, 0.2) is 19.6 Å². The van der Waals surface area contributed by atoms with Gasteiger partial charge in [-0.25, -0.2) is 0 Å². The Balaban J connectivity index is -0.000000219. The van der Waals surface area contributed by atoms with E-state index in [2.05, 4.69) is 62.5 Å². The molecular weight excluding hydrogens is 565 g/mol. The summed E-state index contributed by atoms with van der Waals surface area (Å²) in [5.41, 5.74) is 0. The van der Waals surface area contributed by atoms with Gasteiger partial charge in [-0.15, -0.1) is 19.6 Å². The Hall–Kier alpha value is -0.278. The van der Waals surface area contributed by atoms with Crippen molar-refractivity contribution >= 4 is 85.9 Å². The number of rotatable bonds is 0. The van der Waals surface area contributed by atoms with E-state index in [0.717, 1.165) is 23.4 Å². The van der Waals surface area contributed by atoms with Gasteiger partial charge in [0.1, 0.15) is 0 Å². The van der Waals surface area contributed by atoms with Crippen molar-refractivity contribution < 1.29 is 0 Å². The summed E-state index contributed by atoms with van der Waals surface area (Å²) in [6.07, 6.45) is 0. The molecular formula is C8BrN4S4Tl-4. The van der Waals surface area contributed by atoms with Crippen LogP contribution in [0.3, 0.4) is 0 Å². The van der Waals surface area contributed by atoms with Crippen LogP contribution in [0, 0.1) is 45.3 Å². The van der Waals surface area contributed by atoms with Gasteiger partial charge in [0.2, 0.25) is 0 Å². The molecule has 0 N–H and O–H groups in total. The molecule has 0 heterocycles. The Kier molecular flexibility index (Phi) is 21.2. The van der Waals surface area contributed by atoms with Gasteiger partial charge >= 0.3 is 35.3 Å². The van der Waals surface area contributed by atoms with Crippen molar-refractivity contribution in [1.29, 1.82) is 21.0 Å². The zero-order chi connectivity index (χ0) is 15.1. The second-order valence-corrected chi connectivity index (χ2v) is 3.40. The summed E-state index contributed by atoms with van der Waals surface area (Å²) >= 11 is 21.5. The molecule has 10 heteroatoms. The molecule has 0 bridgehead atoms. The van der Waals surface area contributed by atoms with Crippen LogP contribution >= 0.6 is 12.0 Å². The number of allylic oxidation sites excluding steroid dienone is 4. The summed E-state index contributed by atoms with van der Waals surface area (Å²) in [4.78, 5) is -0.435. The second kappa shape index (κ2) is 16.7. The molecule has 0 atom stereocenters.